The maximum atomic E-state index is 13.3. The number of nitrogens with zero attached hydrogens (tertiary/aromatic N) is 2. The van der Waals surface area contributed by atoms with Gasteiger partial charge in [0.05, 0.1) is 17.7 Å². The summed E-state index contributed by atoms with van der Waals surface area (Å²) in [6, 6.07) is 14.9. The van der Waals surface area contributed by atoms with Gasteiger partial charge in [-0.25, -0.2) is 0 Å². The minimum atomic E-state index is -0.500. The largest absolute Gasteiger partial charge is 0.467 e. The Kier molecular flexibility index (Phi) is 6.26. The molecule has 0 aliphatic carbocycles. The summed E-state index contributed by atoms with van der Waals surface area (Å²) in [6.07, 6.45) is 1.52. The summed E-state index contributed by atoms with van der Waals surface area (Å²) in [5, 5.41) is 13.8. The van der Waals surface area contributed by atoms with Crippen LogP contribution in [0.2, 0.25) is 0 Å². The quantitative estimate of drug-likeness (QED) is 0.475. The Morgan fingerprint density at radius 2 is 1.80 bits per heavy atom. The number of amides is 2. The van der Waals surface area contributed by atoms with E-state index in [9.17, 15) is 19.7 Å². The standard InChI is InChI=1S/C22H21N3O5/c1-15-19(6-3-7-20(15)25(28)29)22(27)24(14-18-5-4-12-30-18)13-16-8-10-17(11-9-16)21(26)23-2/h3-12H,13-14H2,1-2H3,(H,23,26). The molecule has 0 atom stereocenters. The van der Waals surface area contributed by atoms with Gasteiger partial charge in [0.15, 0.2) is 0 Å². The summed E-state index contributed by atoms with van der Waals surface area (Å²) >= 11 is 0. The maximum absolute atomic E-state index is 13.3. The summed E-state index contributed by atoms with van der Waals surface area (Å²) in [4.78, 5) is 37.3. The highest BCUT2D eigenvalue weighted by molar-refractivity contribution is 5.96. The average molecular weight is 407 g/mol. The molecular weight excluding hydrogens is 386 g/mol. The normalized spacial score (nSPS) is 10.5. The van der Waals surface area contributed by atoms with Crippen LogP contribution in [0.25, 0.3) is 0 Å². The molecule has 1 aromatic heterocycles. The molecule has 0 aliphatic rings. The monoisotopic (exact) mass is 407 g/mol. The highest BCUT2D eigenvalue weighted by Gasteiger charge is 2.23. The van der Waals surface area contributed by atoms with Crippen LogP contribution in [0.4, 0.5) is 5.69 Å². The lowest BCUT2D eigenvalue weighted by Crippen LogP contribution is -2.30. The van der Waals surface area contributed by atoms with E-state index < -0.39 is 4.92 Å². The molecule has 30 heavy (non-hydrogen) atoms. The Bertz CT molecular complexity index is 1060. The van der Waals surface area contributed by atoms with Crippen LogP contribution in [-0.4, -0.2) is 28.7 Å². The molecule has 3 rings (SSSR count). The highest BCUT2D eigenvalue weighted by Crippen LogP contribution is 2.24. The first-order chi connectivity index (χ1) is 14.4. The number of rotatable bonds is 7. The molecule has 8 heteroatoms. The minimum Gasteiger partial charge on any atom is -0.467 e. The molecule has 154 valence electrons. The van der Waals surface area contributed by atoms with E-state index in [0.717, 1.165) is 5.56 Å². The topological polar surface area (TPSA) is 106 Å². The molecule has 0 saturated carbocycles. The number of hydrogen-bond donors (Lipinski definition) is 1. The third kappa shape index (κ3) is 4.54. The Balaban J connectivity index is 1.91. The third-order valence-electron chi connectivity index (χ3n) is 4.76. The van der Waals surface area contributed by atoms with Crippen molar-refractivity contribution in [3.05, 3.63) is 99.0 Å². The summed E-state index contributed by atoms with van der Waals surface area (Å²) in [5.41, 5.74) is 1.80. The first kappa shape index (κ1) is 20.8. The number of nitro groups is 1. The zero-order valence-electron chi connectivity index (χ0n) is 16.6. The first-order valence-corrected chi connectivity index (χ1v) is 9.27. The van der Waals surface area contributed by atoms with Gasteiger partial charge in [0.2, 0.25) is 0 Å². The second-order valence-electron chi connectivity index (χ2n) is 6.72. The van der Waals surface area contributed by atoms with Gasteiger partial charge in [0.1, 0.15) is 5.76 Å². The number of hydrogen-bond acceptors (Lipinski definition) is 5. The summed E-state index contributed by atoms with van der Waals surface area (Å²) in [7, 11) is 1.56. The van der Waals surface area contributed by atoms with Crippen LogP contribution in [0.15, 0.2) is 65.3 Å². The predicted octanol–water partition coefficient (Wildman–Crippen LogP) is 3.70. The van der Waals surface area contributed by atoms with Gasteiger partial charge in [-0.1, -0.05) is 18.2 Å². The van der Waals surface area contributed by atoms with E-state index in [4.69, 9.17) is 4.42 Å². The predicted molar refractivity (Wildman–Crippen MR) is 110 cm³/mol. The van der Waals surface area contributed by atoms with E-state index >= 15 is 0 Å². The lowest BCUT2D eigenvalue weighted by molar-refractivity contribution is -0.385. The van der Waals surface area contributed by atoms with Crippen molar-refractivity contribution in [3.63, 3.8) is 0 Å². The molecule has 0 fully saturated rings. The number of benzene rings is 2. The van der Waals surface area contributed by atoms with Crippen molar-refractivity contribution < 1.29 is 18.9 Å². The van der Waals surface area contributed by atoms with Gasteiger partial charge < -0.3 is 14.6 Å². The number of furan rings is 1. The second kappa shape index (κ2) is 9.04. The van der Waals surface area contributed by atoms with Crippen molar-refractivity contribution in [2.24, 2.45) is 0 Å². The van der Waals surface area contributed by atoms with E-state index in [1.54, 1.807) is 61.3 Å². The van der Waals surface area contributed by atoms with E-state index in [-0.39, 0.29) is 36.2 Å². The fourth-order valence-electron chi connectivity index (χ4n) is 3.14. The van der Waals surface area contributed by atoms with Gasteiger partial charge in [-0.2, -0.15) is 0 Å². The van der Waals surface area contributed by atoms with Crippen molar-refractivity contribution in [1.82, 2.24) is 10.2 Å². The molecule has 1 N–H and O–H groups in total. The molecule has 1 heterocycles. The van der Waals surface area contributed by atoms with Crippen molar-refractivity contribution in [1.29, 1.82) is 0 Å². The van der Waals surface area contributed by atoms with Crippen LogP contribution in [-0.2, 0) is 13.1 Å². The molecule has 0 bridgehead atoms. The Morgan fingerprint density at radius 3 is 2.40 bits per heavy atom. The molecule has 0 saturated heterocycles. The number of nitro benzene ring substituents is 1. The maximum Gasteiger partial charge on any atom is 0.273 e. The van der Waals surface area contributed by atoms with E-state index in [1.807, 2.05) is 0 Å². The van der Waals surface area contributed by atoms with Crippen LogP contribution in [0.1, 0.15) is 37.6 Å². The SMILES string of the molecule is CNC(=O)c1ccc(CN(Cc2ccco2)C(=O)c2cccc([N+](=O)[O-])c2C)cc1. The molecule has 3 aromatic rings. The zero-order valence-corrected chi connectivity index (χ0v) is 16.6. The fraction of sp³-hybridized carbons (Fsp3) is 0.182. The van der Waals surface area contributed by atoms with Crippen LogP contribution >= 0.6 is 0 Å². The molecule has 0 spiro atoms. The fourth-order valence-corrected chi connectivity index (χ4v) is 3.14. The van der Waals surface area contributed by atoms with Gasteiger partial charge in [0.25, 0.3) is 17.5 Å². The van der Waals surface area contributed by atoms with E-state index in [1.165, 1.54) is 18.4 Å². The minimum absolute atomic E-state index is 0.103. The summed E-state index contributed by atoms with van der Waals surface area (Å²) in [5.74, 6) is 0.0497. The van der Waals surface area contributed by atoms with Gasteiger partial charge in [-0.15, -0.1) is 0 Å². The molecule has 2 aromatic carbocycles. The van der Waals surface area contributed by atoms with Crippen molar-refractivity contribution in [3.8, 4) is 0 Å². The summed E-state index contributed by atoms with van der Waals surface area (Å²) in [6.45, 7) is 2.01. The van der Waals surface area contributed by atoms with Gasteiger partial charge in [-0.05, 0) is 42.8 Å². The summed E-state index contributed by atoms with van der Waals surface area (Å²) < 4.78 is 5.39. The third-order valence-corrected chi connectivity index (χ3v) is 4.76. The van der Waals surface area contributed by atoms with Crippen molar-refractivity contribution in [2.75, 3.05) is 7.05 Å². The number of nitrogens with one attached hydrogen (secondary N) is 1. The number of carbonyl (C=O) groups is 2. The molecular formula is C22H21N3O5. The van der Waals surface area contributed by atoms with Crippen LogP contribution < -0.4 is 5.32 Å². The molecule has 0 unspecified atom stereocenters. The van der Waals surface area contributed by atoms with Crippen LogP contribution in [0.5, 0.6) is 0 Å². The second-order valence-corrected chi connectivity index (χ2v) is 6.72. The zero-order chi connectivity index (χ0) is 21.7. The van der Waals surface area contributed by atoms with E-state index in [2.05, 4.69) is 5.32 Å². The Hall–Kier alpha value is -3.94. The van der Waals surface area contributed by atoms with Crippen molar-refractivity contribution >= 4 is 17.5 Å². The molecule has 2 amide bonds. The first-order valence-electron chi connectivity index (χ1n) is 9.27. The highest BCUT2D eigenvalue weighted by atomic mass is 16.6. The lowest BCUT2D eigenvalue weighted by Gasteiger charge is -2.23. The molecule has 0 radical (unpaired) electrons. The van der Waals surface area contributed by atoms with Gasteiger partial charge >= 0.3 is 0 Å². The lowest BCUT2D eigenvalue weighted by atomic mass is 10.0. The van der Waals surface area contributed by atoms with Gasteiger partial charge in [-0.3, -0.25) is 19.7 Å². The van der Waals surface area contributed by atoms with Gasteiger partial charge in [0, 0.05) is 36.3 Å². The average Bonchev–Trinajstić information content (AvgIpc) is 3.26. The Morgan fingerprint density at radius 1 is 1.07 bits per heavy atom. The molecule has 0 aliphatic heterocycles. The van der Waals surface area contributed by atoms with Crippen LogP contribution in [0.3, 0.4) is 0 Å². The van der Waals surface area contributed by atoms with Crippen molar-refractivity contribution in [2.45, 2.75) is 20.0 Å². The number of carbonyl (C=O) groups excluding carboxylic acids is 2. The Labute approximate surface area is 173 Å². The van der Waals surface area contributed by atoms with E-state index in [0.29, 0.717) is 16.9 Å². The smallest absolute Gasteiger partial charge is 0.273 e. The molecule has 8 nitrogen and oxygen atoms in total. The van der Waals surface area contributed by atoms with Crippen LogP contribution in [0, 0.1) is 17.0 Å².